The fraction of sp³-hybridized carbons (Fsp3) is 0.647. The van der Waals surface area contributed by atoms with Crippen molar-refractivity contribution in [2.75, 3.05) is 24.5 Å². The maximum absolute atomic E-state index is 14.1. The van der Waals surface area contributed by atoms with Crippen LogP contribution in [0.25, 0.3) is 0 Å². The molecule has 1 aromatic carbocycles. The first-order chi connectivity index (χ1) is 9.78. The Morgan fingerprint density at radius 1 is 1.20 bits per heavy atom. The Morgan fingerprint density at radius 2 is 2.05 bits per heavy atom. The SMILES string of the molecule is NCCCN(CC1CC2CCC1C2)c1ccccc1F. The number of benzene rings is 1. The van der Waals surface area contributed by atoms with E-state index in [1.54, 1.807) is 12.1 Å². The van der Waals surface area contributed by atoms with E-state index in [0.29, 0.717) is 6.54 Å². The minimum absolute atomic E-state index is 0.104. The molecule has 0 amide bonds. The van der Waals surface area contributed by atoms with Crippen LogP contribution in [-0.4, -0.2) is 19.6 Å². The second kappa shape index (κ2) is 6.13. The summed E-state index contributed by atoms with van der Waals surface area (Å²) in [6, 6.07) is 7.15. The van der Waals surface area contributed by atoms with Crippen LogP contribution in [-0.2, 0) is 0 Å². The summed E-state index contributed by atoms with van der Waals surface area (Å²) in [5.41, 5.74) is 6.39. The summed E-state index contributed by atoms with van der Waals surface area (Å²) in [5.74, 6) is 2.48. The Hall–Kier alpha value is -1.09. The normalized spacial score (nSPS) is 28.0. The summed E-state index contributed by atoms with van der Waals surface area (Å²) in [5, 5.41) is 0. The molecule has 2 aliphatic carbocycles. The van der Waals surface area contributed by atoms with E-state index in [4.69, 9.17) is 5.73 Å². The van der Waals surface area contributed by atoms with E-state index in [-0.39, 0.29) is 5.82 Å². The Morgan fingerprint density at radius 3 is 2.70 bits per heavy atom. The van der Waals surface area contributed by atoms with E-state index in [9.17, 15) is 4.39 Å². The molecule has 1 aromatic rings. The maximum Gasteiger partial charge on any atom is 0.146 e. The van der Waals surface area contributed by atoms with Crippen molar-refractivity contribution in [1.29, 1.82) is 0 Å². The van der Waals surface area contributed by atoms with Gasteiger partial charge in [-0.05, 0) is 62.1 Å². The molecular formula is C17H25FN2. The quantitative estimate of drug-likeness (QED) is 0.862. The molecule has 3 rings (SSSR count). The largest absolute Gasteiger partial charge is 0.369 e. The molecule has 0 aromatic heterocycles. The third kappa shape index (κ3) is 2.83. The molecule has 0 heterocycles. The van der Waals surface area contributed by atoms with Crippen molar-refractivity contribution in [2.45, 2.75) is 32.1 Å². The standard InChI is InChI=1S/C17H25FN2/c18-16-4-1-2-5-17(16)20(9-3-8-19)12-15-11-13-6-7-14(15)10-13/h1-2,4-5,13-15H,3,6-12,19H2. The highest BCUT2D eigenvalue weighted by atomic mass is 19.1. The summed E-state index contributed by atoms with van der Waals surface area (Å²) in [6.07, 6.45) is 6.49. The second-order valence-corrected chi connectivity index (χ2v) is 6.47. The van der Waals surface area contributed by atoms with Crippen molar-refractivity contribution in [3.63, 3.8) is 0 Å². The van der Waals surface area contributed by atoms with Crippen LogP contribution in [0, 0.1) is 23.6 Å². The minimum Gasteiger partial charge on any atom is -0.369 e. The van der Waals surface area contributed by atoms with Gasteiger partial charge in [0, 0.05) is 13.1 Å². The predicted molar refractivity (Wildman–Crippen MR) is 81.2 cm³/mol. The fourth-order valence-corrected chi connectivity index (χ4v) is 4.18. The number of anilines is 1. The lowest BCUT2D eigenvalue weighted by Gasteiger charge is -2.31. The number of nitrogens with zero attached hydrogens (tertiary/aromatic N) is 1. The molecule has 3 heteroatoms. The van der Waals surface area contributed by atoms with Crippen molar-refractivity contribution in [1.82, 2.24) is 0 Å². The van der Waals surface area contributed by atoms with Crippen LogP contribution in [0.5, 0.6) is 0 Å². The number of hydrogen-bond acceptors (Lipinski definition) is 2. The van der Waals surface area contributed by atoms with E-state index in [0.717, 1.165) is 43.0 Å². The molecule has 110 valence electrons. The highest BCUT2D eigenvalue weighted by molar-refractivity contribution is 5.47. The molecule has 2 bridgehead atoms. The Kier molecular flexibility index (Phi) is 4.25. The molecule has 2 saturated carbocycles. The molecule has 3 atom stereocenters. The first-order valence-corrected chi connectivity index (χ1v) is 7.97. The van der Waals surface area contributed by atoms with E-state index < -0.39 is 0 Å². The highest BCUT2D eigenvalue weighted by Crippen LogP contribution is 2.48. The van der Waals surface area contributed by atoms with Gasteiger partial charge in [-0.2, -0.15) is 0 Å². The molecule has 2 aliphatic rings. The molecule has 2 nitrogen and oxygen atoms in total. The summed E-state index contributed by atoms with van der Waals surface area (Å²) in [4.78, 5) is 2.23. The summed E-state index contributed by atoms with van der Waals surface area (Å²) in [7, 11) is 0. The van der Waals surface area contributed by atoms with Crippen LogP contribution < -0.4 is 10.6 Å². The molecule has 0 spiro atoms. The predicted octanol–water partition coefficient (Wildman–Crippen LogP) is 3.42. The molecule has 2 N–H and O–H groups in total. The van der Waals surface area contributed by atoms with Gasteiger partial charge in [0.05, 0.1) is 5.69 Å². The number of para-hydroxylation sites is 1. The van der Waals surface area contributed by atoms with Gasteiger partial charge in [0.25, 0.3) is 0 Å². The van der Waals surface area contributed by atoms with Gasteiger partial charge >= 0.3 is 0 Å². The maximum atomic E-state index is 14.1. The third-order valence-electron chi connectivity index (χ3n) is 5.16. The molecule has 2 fully saturated rings. The van der Waals surface area contributed by atoms with Crippen LogP contribution in [0.2, 0.25) is 0 Å². The van der Waals surface area contributed by atoms with Crippen LogP contribution in [0.1, 0.15) is 32.1 Å². The molecule has 20 heavy (non-hydrogen) atoms. The average Bonchev–Trinajstić information content (AvgIpc) is 3.06. The first kappa shape index (κ1) is 13.9. The number of hydrogen-bond donors (Lipinski definition) is 1. The molecule has 0 aliphatic heterocycles. The van der Waals surface area contributed by atoms with Crippen LogP contribution in [0.3, 0.4) is 0 Å². The van der Waals surface area contributed by atoms with Crippen LogP contribution in [0.4, 0.5) is 10.1 Å². The van der Waals surface area contributed by atoms with Crippen LogP contribution >= 0.6 is 0 Å². The summed E-state index contributed by atoms with van der Waals surface area (Å²) in [6.45, 7) is 2.54. The molecular weight excluding hydrogens is 251 g/mol. The zero-order chi connectivity index (χ0) is 13.9. The van der Waals surface area contributed by atoms with Gasteiger partial charge in [-0.25, -0.2) is 4.39 Å². The van der Waals surface area contributed by atoms with Gasteiger partial charge in [-0.1, -0.05) is 18.6 Å². The van der Waals surface area contributed by atoms with Gasteiger partial charge in [0.2, 0.25) is 0 Å². The smallest absolute Gasteiger partial charge is 0.146 e. The molecule has 0 saturated heterocycles. The van der Waals surface area contributed by atoms with Crippen molar-refractivity contribution in [3.8, 4) is 0 Å². The number of fused-ring (bicyclic) bond motifs is 2. The third-order valence-corrected chi connectivity index (χ3v) is 5.16. The van der Waals surface area contributed by atoms with Gasteiger partial charge in [0.1, 0.15) is 5.82 Å². The fourth-order valence-electron chi connectivity index (χ4n) is 4.18. The molecule has 3 unspecified atom stereocenters. The summed E-state index contributed by atoms with van der Waals surface area (Å²) < 4.78 is 14.1. The minimum atomic E-state index is -0.104. The van der Waals surface area contributed by atoms with Gasteiger partial charge < -0.3 is 10.6 Å². The van der Waals surface area contributed by atoms with Gasteiger partial charge in [-0.3, -0.25) is 0 Å². The summed E-state index contributed by atoms with van der Waals surface area (Å²) >= 11 is 0. The lowest BCUT2D eigenvalue weighted by Crippen LogP contribution is -2.34. The van der Waals surface area contributed by atoms with Crippen molar-refractivity contribution >= 4 is 5.69 Å². The number of halogens is 1. The van der Waals surface area contributed by atoms with Crippen molar-refractivity contribution < 1.29 is 4.39 Å². The monoisotopic (exact) mass is 276 g/mol. The van der Waals surface area contributed by atoms with Crippen molar-refractivity contribution in [2.24, 2.45) is 23.5 Å². The average molecular weight is 276 g/mol. The van der Waals surface area contributed by atoms with Gasteiger partial charge in [0.15, 0.2) is 0 Å². The zero-order valence-corrected chi connectivity index (χ0v) is 12.1. The number of rotatable bonds is 6. The Balaban J connectivity index is 1.71. The highest BCUT2D eigenvalue weighted by Gasteiger charge is 2.40. The van der Waals surface area contributed by atoms with E-state index in [1.807, 2.05) is 12.1 Å². The second-order valence-electron chi connectivity index (χ2n) is 6.47. The van der Waals surface area contributed by atoms with Crippen LogP contribution in [0.15, 0.2) is 24.3 Å². The van der Waals surface area contributed by atoms with E-state index >= 15 is 0 Å². The van der Waals surface area contributed by atoms with Crippen molar-refractivity contribution in [3.05, 3.63) is 30.1 Å². The Bertz CT molecular complexity index is 448. The topological polar surface area (TPSA) is 29.3 Å². The van der Waals surface area contributed by atoms with E-state index in [2.05, 4.69) is 4.90 Å². The molecule has 0 radical (unpaired) electrons. The number of nitrogens with two attached hydrogens (primary N) is 1. The van der Waals surface area contributed by atoms with E-state index in [1.165, 1.54) is 25.7 Å². The lowest BCUT2D eigenvalue weighted by molar-refractivity contribution is 0.332. The first-order valence-electron chi connectivity index (χ1n) is 7.97. The van der Waals surface area contributed by atoms with Gasteiger partial charge in [-0.15, -0.1) is 0 Å². The zero-order valence-electron chi connectivity index (χ0n) is 12.1. The Labute approximate surface area is 121 Å². The lowest BCUT2D eigenvalue weighted by atomic mass is 9.88.